The van der Waals surface area contributed by atoms with Crippen LogP contribution in [0.25, 0.3) is 88.9 Å². The van der Waals surface area contributed by atoms with E-state index in [0.29, 0.717) is 39.5 Å². The molecule has 0 unspecified atom stereocenters. The average Bonchev–Trinajstić information content (AvgIpc) is 3.76. The van der Waals surface area contributed by atoms with Crippen LogP contribution in [0.2, 0.25) is 0 Å². The maximum atomic E-state index is 9.91. The van der Waals surface area contributed by atoms with Crippen LogP contribution in [-0.4, -0.2) is 19.1 Å². The van der Waals surface area contributed by atoms with E-state index in [-0.39, 0.29) is 0 Å². The lowest BCUT2D eigenvalue weighted by atomic mass is 10.0. The Balaban J connectivity index is 1.12. The molecule has 6 nitrogen and oxygen atoms in total. The van der Waals surface area contributed by atoms with Crippen LogP contribution < -0.4 is 0 Å². The summed E-state index contributed by atoms with van der Waals surface area (Å²) < 4.78 is 4.67. The third-order valence-corrected chi connectivity index (χ3v) is 10.3. The van der Waals surface area contributed by atoms with Gasteiger partial charge in [0.2, 0.25) is 0 Å². The van der Waals surface area contributed by atoms with Crippen LogP contribution in [0.5, 0.6) is 0 Å². The zero-order valence-electron chi connectivity index (χ0n) is 28.8. The second kappa shape index (κ2) is 12.5. The van der Waals surface area contributed by atoms with E-state index in [1.54, 1.807) is 12.1 Å². The summed E-state index contributed by atoms with van der Waals surface area (Å²) in [6, 6.07) is 62.1. The number of hydrogen-bond acceptors (Lipinski definition) is 4. The van der Waals surface area contributed by atoms with Gasteiger partial charge in [-0.1, -0.05) is 97.1 Å². The molecule has 0 aliphatic carbocycles. The van der Waals surface area contributed by atoms with Gasteiger partial charge in [-0.25, -0.2) is 9.97 Å². The highest BCUT2D eigenvalue weighted by molar-refractivity contribution is 6.12. The van der Waals surface area contributed by atoms with Crippen molar-refractivity contribution in [1.29, 1.82) is 10.5 Å². The van der Waals surface area contributed by atoms with Crippen LogP contribution in [0, 0.1) is 22.7 Å². The van der Waals surface area contributed by atoms with Crippen molar-refractivity contribution < 1.29 is 0 Å². The molecule has 0 aliphatic rings. The lowest BCUT2D eigenvalue weighted by Gasteiger charge is -2.12. The molecule has 6 heteroatoms. The number of nitriles is 2. The second-order valence-electron chi connectivity index (χ2n) is 13.2. The lowest BCUT2D eigenvalue weighted by Crippen LogP contribution is -1.99. The molecule has 0 saturated heterocycles. The number of benzene rings is 7. The number of para-hydroxylation sites is 3. The summed E-state index contributed by atoms with van der Waals surface area (Å²) in [6.45, 7) is 0. The van der Waals surface area contributed by atoms with Crippen LogP contribution in [0.4, 0.5) is 0 Å². The largest absolute Gasteiger partial charge is 0.309 e. The van der Waals surface area contributed by atoms with Gasteiger partial charge in [0.05, 0.1) is 56.7 Å². The normalized spacial score (nSPS) is 11.3. The SMILES string of the molecule is N#Cc1ccccc1-c1cc(-c2ccc(-n3c4ccccc4c4cc(-n5c6ccccc6c6ccccc65)ccc43)cc2)nc(-c2ccccc2C#N)n1. The number of nitrogens with zero attached hydrogens (tertiary/aromatic N) is 6. The second-order valence-corrected chi connectivity index (χ2v) is 13.2. The molecule has 7 aromatic carbocycles. The first-order valence-corrected chi connectivity index (χ1v) is 17.7. The van der Waals surface area contributed by atoms with E-state index < -0.39 is 0 Å². The zero-order chi connectivity index (χ0) is 36.2. The molecule has 54 heavy (non-hydrogen) atoms. The third-order valence-electron chi connectivity index (χ3n) is 10.3. The van der Waals surface area contributed by atoms with E-state index in [4.69, 9.17) is 9.97 Å². The molecule has 3 aromatic heterocycles. The lowest BCUT2D eigenvalue weighted by molar-refractivity contribution is 1.16. The summed E-state index contributed by atoms with van der Waals surface area (Å²) >= 11 is 0. The Hall–Kier alpha value is -7.80. The Morgan fingerprint density at radius 1 is 0.389 bits per heavy atom. The molecule has 0 radical (unpaired) electrons. The Bertz CT molecular complexity index is 3060. The molecular formula is C48H28N6. The van der Waals surface area contributed by atoms with Gasteiger partial charge in [-0.05, 0) is 72.8 Å². The molecule has 0 saturated carbocycles. The molecule has 0 bridgehead atoms. The molecule has 0 N–H and O–H groups in total. The van der Waals surface area contributed by atoms with E-state index in [2.05, 4.69) is 137 Å². The summed E-state index contributed by atoms with van der Waals surface area (Å²) in [6.07, 6.45) is 0. The van der Waals surface area contributed by atoms with Gasteiger partial charge in [-0.2, -0.15) is 10.5 Å². The van der Waals surface area contributed by atoms with Gasteiger partial charge in [-0.3, -0.25) is 0 Å². The highest BCUT2D eigenvalue weighted by Gasteiger charge is 2.18. The average molecular weight is 689 g/mol. The smallest absolute Gasteiger partial charge is 0.161 e. The van der Waals surface area contributed by atoms with Crippen LogP contribution in [0.15, 0.2) is 170 Å². The molecule has 3 heterocycles. The molecule has 0 amide bonds. The number of rotatable bonds is 5. The summed E-state index contributed by atoms with van der Waals surface area (Å²) in [4.78, 5) is 9.86. The van der Waals surface area contributed by atoms with Gasteiger partial charge < -0.3 is 9.13 Å². The highest BCUT2D eigenvalue weighted by atomic mass is 15.0. The summed E-state index contributed by atoms with van der Waals surface area (Å²) in [5.41, 5.74) is 11.3. The number of hydrogen-bond donors (Lipinski definition) is 0. The minimum absolute atomic E-state index is 0.429. The molecule has 10 aromatic rings. The molecule has 0 spiro atoms. The van der Waals surface area contributed by atoms with Crippen molar-refractivity contribution in [3.8, 4) is 57.4 Å². The van der Waals surface area contributed by atoms with E-state index in [1.807, 2.05) is 42.5 Å². The van der Waals surface area contributed by atoms with Crippen molar-refractivity contribution in [2.75, 3.05) is 0 Å². The van der Waals surface area contributed by atoms with Gasteiger partial charge in [0.15, 0.2) is 5.82 Å². The summed E-state index contributed by atoms with van der Waals surface area (Å²) in [5, 5.41) is 24.6. The standard InChI is InChI=1S/C48H28N6/c49-29-32-11-1-3-13-36(32)43-28-42(51-48(52-43)37-14-4-2-12-33(37)30-50)31-21-23-34(24-22-31)53-46-20-10-7-17-40(46)41-27-35(25-26-47(41)53)54-44-18-8-5-15-38(44)39-16-6-9-19-45(39)54/h1-28H. The fraction of sp³-hybridized carbons (Fsp3) is 0. The Kier molecular flexibility index (Phi) is 7.15. The molecule has 0 aliphatic heterocycles. The topological polar surface area (TPSA) is 83.2 Å². The van der Waals surface area contributed by atoms with Gasteiger partial charge in [-0.15, -0.1) is 0 Å². The van der Waals surface area contributed by atoms with E-state index in [0.717, 1.165) is 28.0 Å². The monoisotopic (exact) mass is 688 g/mol. The van der Waals surface area contributed by atoms with Crippen LogP contribution in [-0.2, 0) is 0 Å². The summed E-state index contributed by atoms with van der Waals surface area (Å²) in [5.74, 6) is 0.429. The van der Waals surface area contributed by atoms with E-state index >= 15 is 0 Å². The van der Waals surface area contributed by atoms with Crippen LogP contribution in [0.1, 0.15) is 11.1 Å². The minimum Gasteiger partial charge on any atom is -0.309 e. The van der Waals surface area contributed by atoms with Gasteiger partial charge >= 0.3 is 0 Å². The van der Waals surface area contributed by atoms with Gasteiger partial charge in [0, 0.05) is 49.6 Å². The predicted octanol–water partition coefficient (Wildman–Crippen LogP) is 11.4. The van der Waals surface area contributed by atoms with Gasteiger partial charge in [0.1, 0.15) is 0 Å². The van der Waals surface area contributed by atoms with E-state index in [1.165, 1.54) is 32.6 Å². The molecule has 250 valence electrons. The van der Waals surface area contributed by atoms with Crippen molar-refractivity contribution in [2.45, 2.75) is 0 Å². The van der Waals surface area contributed by atoms with Crippen molar-refractivity contribution in [2.24, 2.45) is 0 Å². The van der Waals surface area contributed by atoms with Crippen molar-refractivity contribution in [1.82, 2.24) is 19.1 Å². The maximum Gasteiger partial charge on any atom is 0.161 e. The maximum absolute atomic E-state index is 9.91. The summed E-state index contributed by atoms with van der Waals surface area (Å²) in [7, 11) is 0. The van der Waals surface area contributed by atoms with Crippen LogP contribution >= 0.6 is 0 Å². The van der Waals surface area contributed by atoms with E-state index in [9.17, 15) is 10.5 Å². The first kappa shape index (κ1) is 31.0. The van der Waals surface area contributed by atoms with Crippen molar-refractivity contribution in [3.63, 3.8) is 0 Å². The van der Waals surface area contributed by atoms with Crippen molar-refractivity contribution >= 4 is 43.6 Å². The predicted molar refractivity (Wildman–Crippen MR) is 216 cm³/mol. The molecule has 0 atom stereocenters. The number of aromatic nitrogens is 4. The Labute approximate surface area is 310 Å². The quantitative estimate of drug-likeness (QED) is 0.180. The van der Waals surface area contributed by atoms with Crippen LogP contribution in [0.3, 0.4) is 0 Å². The highest BCUT2D eigenvalue weighted by Crippen LogP contribution is 2.37. The minimum atomic E-state index is 0.429. The van der Waals surface area contributed by atoms with Crippen molar-refractivity contribution in [3.05, 3.63) is 181 Å². The Morgan fingerprint density at radius 3 is 1.48 bits per heavy atom. The fourth-order valence-corrected chi connectivity index (χ4v) is 7.79. The molecule has 0 fully saturated rings. The third kappa shape index (κ3) is 4.87. The molecular weight excluding hydrogens is 661 g/mol. The number of fused-ring (bicyclic) bond motifs is 6. The van der Waals surface area contributed by atoms with Gasteiger partial charge in [0.25, 0.3) is 0 Å². The Morgan fingerprint density at radius 2 is 0.852 bits per heavy atom. The fourth-order valence-electron chi connectivity index (χ4n) is 7.79. The zero-order valence-corrected chi connectivity index (χ0v) is 28.8. The first-order chi connectivity index (χ1) is 26.7. The molecule has 10 rings (SSSR count). The first-order valence-electron chi connectivity index (χ1n) is 17.7.